The number of hydrogen-bond acceptors (Lipinski definition) is 3. The van der Waals surface area contributed by atoms with Crippen LogP contribution in [0, 0.1) is 11.7 Å². The van der Waals surface area contributed by atoms with Crippen molar-refractivity contribution in [3.8, 4) is 0 Å². The molecule has 1 aliphatic rings. The third kappa shape index (κ3) is 7.01. The molecule has 1 saturated heterocycles. The number of thiophene rings is 1. The number of amides is 2. The van der Waals surface area contributed by atoms with E-state index in [1.165, 1.54) is 34.7 Å². The summed E-state index contributed by atoms with van der Waals surface area (Å²) >= 11 is 1.34. The Kier molecular flexibility index (Phi) is 8.87. The minimum atomic E-state index is -4.63. The highest BCUT2D eigenvalue weighted by Crippen LogP contribution is 2.32. The van der Waals surface area contributed by atoms with Crippen molar-refractivity contribution in [3.63, 3.8) is 0 Å². The van der Waals surface area contributed by atoms with Crippen molar-refractivity contribution in [2.75, 3.05) is 20.1 Å². The lowest BCUT2D eigenvalue weighted by Crippen LogP contribution is -2.53. The van der Waals surface area contributed by atoms with Crippen LogP contribution >= 0.6 is 11.3 Å². The summed E-state index contributed by atoms with van der Waals surface area (Å²) in [5, 5.41) is 1.45. The number of carbonyl (C=O) groups excluding carboxylic acids is 2. The van der Waals surface area contributed by atoms with Crippen molar-refractivity contribution < 1.29 is 27.2 Å². The average Bonchev–Trinajstić information content (AvgIpc) is 3.32. The van der Waals surface area contributed by atoms with E-state index in [1.54, 1.807) is 60.7 Å². The number of likely N-dealkylation sites (N-methyl/N-ethyl adjacent to an activating group) is 1. The maximum atomic E-state index is 13.8. The van der Waals surface area contributed by atoms with E-state index in [0.29, 0.717) is 43.5 Å². The molecule has 0 bridgehead atoms. The first-order valence-corrected chi connectivity index (χ1v) is 13.5. The lowest BCUT2D eigenvalue weighted by molar-refractivity contribution is -0.166. The van der Waals surface area contributed by atoms with Crippen LogP contribution in [0.2, 0.25) is 0 Å². The minimum absolute atomic E-state index is 0.220. The third-order valence-electron chi connectivity index (χ3n) is 7.08. The van der Waals surface area contributed by atoms with Crippen LogP contribution in [0.4, 0.5) is 17.6 Å². The molecule has 4 rings (SSSR count). The quantitative estimate of drug-likeness (QED) is 0.312. The zero-order valence-electron chi connectivity index (χ0n) is 21.0. The minimum Gasteiger partial charge on any atom is -0.341 e. The molecule has 0 spiro atoms. The van der Waals surface area contributed by atoms with Crippen LogP contribution in [0.1, 0.15) is 41.2 Å². The van der Waals surface area contributed by atoms with Crippen LogP contribution in [0.3, 0.4) is 0 Å². The Morgan fingerprint density at radius 1 is 1.00 bits per heavy atom. The zero-order valence-corrected chi connectivity index (χ0v) is 21.9. The van der Waals surface area contributed by atoms with Gasteiger partial charge in [-0.15, -0.1) is 11.3 Å². The van der Waals surface area contributed by atoms with Gasteiger partial charge in [0.25, 0.3) is 0 Å². The summed E-state index contributed by atoms with van der Waals surface area (Å²) in [6.07, 6.45) is -4.16. The van der Waals surface area contributed by atoms with E-state index in [1.807, 2.05) is 0 Å². The lowest BCUT2D eigenvalue weighted by Gasteiger charge is -2.38. The number of piperidine rings is 1. The Bertz CT molecular complexity index is 1170. The van der Waals surface area contributed by atoms with Crippen LogP contribution in [-0.2, 0) is 16.0 Å². The molecule has 4 nitrogen and oxygen atoms in total. The monoisotopic (exact) mass is 546 g/mol. The first-order valence-electron chi connectivity index (χ1n) is 12.6. The summed E-state index contributed by atoms with van der Waals surface area (Å²) in [5.74, 6) is -2.16. The smallest absolute Gasteiger partial charge is 0.341 e. The summed E-state index contributed by atoms with van der Waals surface area (Å²) in [6.45, 7) is 0.600. The van der Waals surface area contributed by atoms with Crippen molar-refractivity contribution in [1.29, 1.82) is 0 Å². The fraction of sp³-hybridized carbons (Fsp3) is 0.379. The van der Waals surface area contributed by atoms with E-state index in [4.69, 9.17) is 0 Å². The molecule has 0 saturated carbocycles. The number of halogens is 4. The second-order valence-electron chi connectivity index (χ2n) is 9.74. The fourth-order valence-corrected chi connectivity index (χ4v) is 5.89. The van der Waals surface area contributed by atoms with Gasteiger partial charge in [0, 0.05) is 30.4 Å². The van der Waals surface area contributed by atoms with Crippen molar-refractivity contribution in [1.82, 2.24) is 9.80 Å². The number of hydrogen-bond donors (Lipinski definition) is 0. The third-order valence-corrected chi connectivity index (χ3v) is 8.01. The van der Waals surface area contributed by atoms with E-state index >= 15 is 0 Å². The van der Waals surface area contributed by atoms with Gasteiger partial charge in [0.05, 0.1) is 12.3 Å². The molecule has 202 valence electrons. The van der Waals surface area contributed by atoms with Gasteiger partial charge in [0.15, 0.2) is 0 Å². The van der Waals surface area contributed by atoms with Crippen molar-refractivity contribution >= 4 is 23.2 Å². The molecule has 1 unspecified atom stereocenters. The van der Waals surface area contributed by atoms with Gasteiger partial charge in [-0.1, -0.05) is 60.7 Å². The van der Waals surface area contributed by atoms with Crippen LogP contribution in [0.25, 0.3) is 0 Å². The molecule has 1 atom stereocenters. The molecule has 9 heteroatoms. The van der Waals surface area contributed by atoms with Crippen molar-refractivity contribution in [2.45, 2.75) is 43.8 Å². The van der Waals surface area contributed by atoms with Crippen LogP contribution in [0.5, 0.6) is 0 Å². The van der Waals surface area contributed by atoms with Gasteiger partial charge in [-0.3, -0.25) is 9.59 Å². The molecule has 2 amide bonds. The Hall–Kier alpha value is -3.20. The summed E-state index contributed by atoms with van der Waals surface area (Å²) in [4.78, 5) is 30.6. The maximum Gasteiger partial charge on any atom is 0.391 e. The second kappa shape index (κ2) is 12.1. The Morgan fingerprint density at radius 2 is 1.55 bits per heavy atom. The predicted octanol–water partition coefficient (Wildman–Crippen LogP) is 6.28. The number of rotatable bonds is 8. The van der Waals surface area contributed by atoms with Gasteiger partial charge < -0.3 is 9.80 Å². The highest BCUT2D eigenvalue weighted by molar-refractivity contribution is 7.09. The SMILES string of the molecule is CN(C(=O)C(c1ccccc1)c1ccccc1)C(CC(F)(F)F)C(=O)N1CCC(Cc2cc(F)cs2)CC1. The van der Waals surface area contributed by atoms with E-state index in [0.717, 1.165) is 9.78 Å². The number of carbonyl (C=O) groups is 2. The first kappa shape index (κ1) is 27.8. The number of alkyl halides is 3. The van der Waals surface area contributed by atoms with Gasteiger partial charge in [0.1, 0.15) is 11.9 Å². The predicted molar refractivity (Wildman–Crippen MR) is 139 cm³/mol. The Labute approximate surface area is 223 Å². The molecular formula is C29H30F4N2O2S. The highest BCUT2D eigenvalue weighted by Gasteiger charge is 2.42. The van der Waals surface area contributed by atoms with Crippen LogP contribution < -0.4 is 0 Å². The van der Waals surface area contributed by atoms with Gasteiger partial charge >= 0.3 is 6.18 Å². The lowest BCUT2D eigenvalue weighted by atomic mass is 9.89. The molecule has 2 heterocycles. The molecule has 2 aromatic carbocycles. The summed E-state index contributed by atoms with van der Waals surface area (Å²) in [7, 11) is 1.29. The largest absolute Gasteiger partial charge is 0.391 e. The van der Waals surface area contributed by atoms with E-state index in [-0.39, 0.29) is 11.7 Å². The van der Waals surface area contributed by atoms with E-state index in [9.17, 15) is 27.2 Å². The van der Waals surface area contributed by atoms with E-state index < -0.39 is 36.4 Å². The summed E-state index contributed by atoms with van der Waals surface area (Å²) in [6, 6.07) is 17.5. The normalized spacial score (nSPS) is 15.5. The standard InChI is InChI=1S/C29H30F4N2O2S/c1-34(28(37)26(21-8-4-2-5-9-21)22-10-6-3-7-11-22)25(18-29(31,32)33)27(36)35-14-12-20(13-15-35)16-24-17-23(30)19-38-24/h2-11,17,19-20,25-26H,12-16,18H2,1H3. The zero-order chi connectivity index (χ0) is 27.3. The fourth-order valence-electron chi connectivity index (χ4n) is 5.05. The molecule has 3 aromatic rings. The molecule has 0 radical (unpaired) electrons. The number of likely N-dealkylation sites (tertiary alicyclic amines) is 1. The van der Waals surface area contributed by atoms with E-state index in [2.05, 4.69) is 0 Å². The number of nitrogens with zero attached hydrogens (tertiary/aromatic N) is 2. The number of benzene rings is 2. The molecule has 1 aliphatic heterocycles. The molecule has 0 N–H and O–H groups in total. The summed E-state index contributed by atoms with van der Waals surface area (Å²) < 4.78 is 54.3. The summed E-state index contributed by atoms with van der Waals surface area (Å²) in [5.41, 5.74) is 1.28. The van der Waals surface area contributed by atoms with Crippen molar-refractivity contribution in [2.24, 2.45) is 5.92 Å². The van der Waals surface area contributed by atoms with Crippen molar-refractivity contribution in [3.05, 3.63) is 93.9 Å². The van der Waals surface area contributed by atoms with Gasteiger partial charge in [-0.2, -0.15) is 13.2 Å². The first-order chi connectivity index (χ1) is 18.1. The topological polar surface area (TPSA) is 40.6 Å². The van der Waals surface area contributed by atoms with Gasteiger partial charge in [-0.25, -0.2) is 4.39 Å². The van der Waals surface area contributed by atoms with Crippen LogP contribution in [0.15, 0.2) is 72.1 Å². The molecule has 1 fully saturated rings. The Morgan fingerprint density at radius 3 is 2.03 bits per heavy atom. The molecule has 0 aliphatic carbocycles. The van der Waals surface area contributed by atoms with Crippen LogP contribution in [-0.4, -0.2) is 54.0 Å². The highest BCUT2D eigenvalue weighted by atomic mass is 32.1. The molecule has 1 aromatic heterocycles. The molecular weight excluding hydrogens is 516 g/mol. The van der Waals surface area contributed by atoms with Gasteiger partial charge in [0.2, 0.25) is 11.8 Å². The second-order valence-corrected chi connectivity index (χ2v) is 10.7. The Balaban J connectivity index is 1.52. The molecule has 38 heavy (non-hydrogen) atoms. The maximum absolute atomic E-state index is 13.8. The van der Waals surface area contributed by atoms with Gasteiger partial charge in [-0.05, 0) is 42.4 Å². The average molecular weight is 547 g/mol.